The number of halogens is 1. The summed E-state index contributed by atoms with van der Waals surface area (Å²) in [6, 6.07) is 20.4. The third-order valence-corrected chi connectivity index (χ3v) is 5.68. The summed E-state index contributed by atoms with van der Waals surface area (Å²) in [5.74, 6) is -1.08. The number of amides is 2. The van der Waals surface area contributed by atoms with Gasteiger partial charge in [0.05, 0.1) is 24.3 Å². The van der Waals surface area contributed by atoms with Crippen molar-refractivity contribution in [2.24, 2.45) is 0 Å². The van der Waals surface area contributed by atoms with Gasteiger partial charge in [-0.2, -0.15) is 5.26 Å². The molecule has 2 amide bonds. The molecule has 3 aromatic rings. The molecule has 172 valence electrons. The number of rotatable bonds is 6. The molecule has 1 aliphatic heterocycles. The van der Waals surface area contributed by atoms with Gasteiger partial charge in [0.15, 0.2) is 0 Å². The molecule has 0 aliphatic carbocycles. The molecule has 3 aromatic carbocycles. The molecule has 0 bridgehead atoms. The Kier molecular flexibility index (Phi) is 6.97. The van der Waals surface area contributed by atoms with Crippen LogP contribution in [0.2, 0.25) is 0 Å². The summed E-state index contributed by atoms with van der Waals surface area (Å²) in [4.78, 5) is 26.4. The molecule has 4 rings (SSSR count). The largest absolute Gasteiger partial charge is 0.386 e. The number of morpholine rings is 1. The predicted octanol–water partition coefficient (Wildman–Crippen LogP) is 3.41. The highest BCUT2D eigenvalue weighted by Crippen LogP contribution is 2.27. The first-order chi connectivity index (χ1) is 16.5. The predicted molar refractivity (Wildman–Crippen MR) is 122 cm³/mol. The fourth-order valence-electron chi connectivity index (χ4n) is 3.79. The lowest BCUT2D eigenvalue weighted by Gasteiger charge is -2.38. The lowest BCUT2D eigenvalue weighted by Crippen LogP contribution is -2.51. The molecule has 1 fully saturated rings. The van der Waals surface area contributed by atoms with Gasteiger partial charge in [0, 0.05) is 23.4 Å². The topological polar surface area (TPSA) is 103 Å². The Morgan fingerprint density at radius 1 is 1.15 bits per heavy atom. The maximum Gasteiger partial charge on any atom is 0.255 e. The van der Waals surface area contributed by atoms with Crippen molar-refractivity contribution in [2.45, 2.75) is 18.7 Å². The monoisotopic (exact) mass is 459 g/mol. The molecular formula is C26H22FN3O4. The van der Waals surface area contributed by atoms with E-state index in [1.165, 1.54) is 11.0 Å². The Balaban J connectivity index is 1.46. The third-order valence-electron chi connectivity index (χ3n) is 5.68. The average molecular weight is 459 g/mol. The molecule has 2 N–H and O–H groups in total. The molecule has 8 heteroatoms. The number of anilines is 1. The first-order valence-corrected chi connectivity index (χ1v) is 10.7. The molecule has 34 heavy (non-hydrogen) atoms. The second-order valence-corrected chi connectivity index (χ2v) is 7.91. The van der Waals surface area contributed by atoms with E-state index in [0.29, 0.717) is 27.9 Å². The minimum Gasteiger partial charge on any atom is -0.386 e. The SMILES string of the molecule is N#Cc1ccc(C(=O)Nc2ccc([C@@H](O)[C@H]3COCC(=O)N3Cc3ccccc3F)cc2)cc1. The Morgan fingerprint density at radius 3 is 2.53 bits per heavy atom. The van der Waals surface area contributed by atoms with Crippen molar-refractivity contribution in [2.75, 3.05) is 18.5 Å². The van der Waals surface area contributed by atoms with E-state index in [4.69, 9.17) is 10.00 Å². The Labute approximate surface area is 196 Å². The van der Waals surface area contributed by atoms with Gasteiger partial charge in [-0.1, -0.05) is 30.3 Å². The van der Waals surface area contributed by atoms with E-state index in [1.54, 1.807) is 66.7 Å². The van der Waals surface area contributed by atoms with Crippen molar-refractivity contribution >= 4 is 17.5 Å². The van der Waals surface area contributed by atoms with E-state index in [0.717, 1.165) is 0 Å². The fourth-order valence-corrected chi connectivity index (χ4v) is 3.79. The van der Waals surface area contributed by atoms with Gasteiger partial charge < -0.3 is 20.1 Å². The van der Waals surface area contributed by atoms with Crippen LogP contribution in [0.1, 0.15) is 33.2 Å². The zero-order valence-corrected chi connectivity index (χ0v) is 18.1. The molecule has 0 unspecified atom stereocenters. The number of carbonyl (C=O) groups excluding carboxylic acids is 2. The molecule has 0 saturated carbocycles. The highest BCUT2D eigenvalue weighted by atomic mass is 19.1. The van der Waals surface area contributed by atoms with Gasteiger partial charge in [0.2, 0.25) is 5.91 Å². The Hall–Kier alpha value is -4.06. The van der Waals surface area contributed by atoms with Gasteiger partial charge in [-0.15, -0.1) is 0 Å². The lowest BCUT2D eigenvalue weighted by molar-refractivity contribution is -0.155. The summed E-state index contributed by atoms with van der Waals surface area (Å²) in [7, 11) is 0. The average Bonchev–Trinajstić information content (AvgIpc) is 2.86. The second-order valence-electron chi connectivity index (χ2n) is 7.91. The minimum absolute atomic E-state index is 0.0231. The van der Waals surface area contributed by atoms with Gasteiger partial charge in [0.25, 0.3) is 5.91 Å². The zero-order chi connectivity index (χ0) is 24.1. The van der Waals surface area contributed by atoms with Gasteiger partial charge in [-0.25, -0.2) is 4.39 Å². The Bertz CT molecular complexity index is 1220. The van der Waals surface area contributed by atoms with Crippen LogP contribution in [0.5, 0.6) is 0 Å². The number of aliphatic hydroxyl groups is 1. The van der Waals surface area contributed by atoms with Crippen molar-refractivity contribution in [3.63, 3.8) is 0 Å². The molecular weight excluding hydrogens is 437 g/mol. The highest BCUT2D eigenvalue weighted by molar-refractivity contribution is 6.04. The van der Waals surface area contributed by atoms with Crippen LogP contribution in [0, 0.1) is 17.1 Å². The maximum atomic E-state index is 14.2. The quantitative estimate of drug-likeness (QED) is 0.588. The van der Waals surface area contributed by atoms with Crippen molar-refractivity contribution < 1.29 is 23.8 Å². The van der Waals surface area contributed by atoms with E-state index < -0.39 is 18.0 Å². The third kappa shape index (κ3) is 5.12. The number of benzene rings is 3. The molecule has 1 saturated heterocycles. The van der Waals surface area contributed by atoms with E-state index in [-0.39, 0.29) is 31.6 Å². The van der Waals surface area contributed by atoms with Crippen LogP contribution >= 0.6 is 0 Å². The van der Waals surface area contributed by atoms with Crippen LogP contribution in [0.25, 0.3) is 0 Å². The normalized spacial score (nSPS) is 16.6. The van der Waals surface area contributed by atoms with E-state index in [2.05, 4.69) is 5.32 Å². The van der Waals surface area contributed by atoms with Crippen molar-refractivity contribution in [1.82, 2.24) is 4.90 Å². The summed E-state index contributed by atoms with van der Waals surface area (Å²) >= 11 is 0. The maximum absolute atomic E-state index is 14.2. The molecule has 0 radical (unpaired) electrons. The number of aliphatic hydroxyl groups excluding tert-OH is 1. The van der Waals surface area contributed by atoms with Crippen LogP contribution in [-0.2, 0) is 16.1 Å². The van der Waals surface area contributed by atoms with Crippen molar-refractivity contribution in [3.8, 4) is 6.07 Å². The number of carbonyl (C=O) groups is 2. The van der Waals surface area contributed by atoms with Gasteiger partial charge in [-0.3, -0.25) is 9.59 Å². The molecule has 1 aliphatic rings. The summed E-state index contributed by atoms with van der Waals surface area (Å²) in [6.45, 7) is 0.00581. The lowest BCUT2D eigenvalue weighted by atomic mass is 9.99. The van der Waals surface area contributed by atoms with Crippen LogP contribution in [-0.4, -0.2) is 41.1 Å². The Morgan fingerprint density at radius 2 is 1.85 bits per heavy atom. The number of nitriles is 1. The molecule has 0 spiro atoms. The number of nitrogens with zero attached hydrogens (tertiary/aromatic N) is 2. The standard InChI is InChI=1S/C26H22FN3O4/c27-22-4-2-1-3-20(22)14-30-23(15-34-16-24(30)31)25(32)18-9-11-21(12-10-18)29-26(33)19-7-5-17(13-28)6-8-19/h1-12,23,25,32H,14-16H2,(H,29,33)/t23-,25-/m1/s1. The van der Waals surface area contributed by atoms with Crippen LogP contribution in [0.15, 0.2) is 72.8 Å². The highest BCUT2D eigenvalue weighted by Gasteiger charge is 2.35. The van der Waals surface area contributed by atoms with Crippen LogP contribution < -0.4 is 5.32 Å². The van der Waals surface area contributed by atoms with Crippen LogP contribution in [0.3, 0.4) is 0 Å². The minimum atomic E-state index is -1.07. The first-order valence-electron chi connectivity index (χ1n) is 10.7. The summed E-state index contributed by atoms with van der Waals surface area (Å²) in [5, 5.41) is 22.6. The van der Waals surface area contributed by atoms with Crippen LogP contribution in [0.4, 0.5) is 10.1 Å². The summed E-state index contributed by atoms with van der Waals surface area (Å²) in [6.07, 6.45) is -1.07. The van der Waals surface area contributed by atoms with Gasteiger partial charge >= 0.3 is 0 Å². The molecule has 1 heterocycles. The molecule has 7 nitrogen and oxygen atoms in total. The number of ether oxygens (including phenoxy) is 1. The van der Waals surface area contributed by atoms with Gasteiger partial charge in [0.1, 0.15) is 18.5 Å². The first kappa shape index (κ1) is 23.1. The van der Waals surface area contributed by atoms with Crippen molar-refractivity contribution in [3.05, 3.63) is 101 Å². The zero-order valence-electron chi connectivity index (χ0n) is 18.1. The second kappa shape index (κ2) is 10.3. The van der Waals surface area contributed by atoms with E-state index in [9.17, 15) is 19.1 Å². The smallest absolute Gasteiger partial charge is 0.255 e. The fraction of sp³-hybridized carbons (Fsp3) is 0.192. The number of hydrogen-bond donors (Lipinski definition) is 2. The van der Waals surface area contributed by atoms with Crippen molar-refractivity contribution in [1.29, 1.82) is 5.26 Å². The van der Waals surface area contributed by atoms with E-state index >= 15 is 0 Å². The number of hydrogen-bond acceptors (Lipinski definition) is 5. The van der Waals surface area contributed by atoms with E-state index in [1.807, 2.05) is 6.07 Å². The van der Waals surface area contributed by atoms with Gasteiger partial charge in [-0.05, 0) is 48.0 Å². The summed E-state index contributed by atoms with van der Waals surface area (Å²) in [5.41, 5.74) is 2.27. The number of nitrogens with one attached hydrogen (secondary N) is 1. The molecule has 2 atom stereocenters. The molecule has 0 aromatic heterocycles. The summed E-state index contributed by atoms with van der Waals surface area (Å²) < 4.78 is 19.5.